The number of carbonyl (C=O) groups is 2. The van der Waals surface area contributed by atoms with Gasteiger partial charge in [-0.2, -0.15) is 0 Å². The van der Waals surface area contributed by atoms with Crippen molar-refractivity contribution in [3.63, 3.8) is 0 Å². The molecule has 0 spiro atoms. The molecule has 1 unspecified atom stereocenters. The summed E-state index contributed by atoms with van der Waals surface area (Å²) in [6.07, 6.45) is 0.478. The Morgan fingerprint density at radius 3 is 2.44 bits per heavy atom. The maximum Gasteiger partial charge on any atom is 0.347 e. The van der Waals surface area contributed by atoms with Gasteiger partial charge in [-0.05, 0) is 20.3 Å². The summed E-state index contributed by atoms with van der Waals surface area (Å²) in [7, 11) is 0. The molecule has 0 aromatic rings. The zero-order valence-corrected chi connectivity index (χ0v) is 8.83. The highest BCUT2D eigenvalue weighted by atomic mass is 16.6. The van der Waals surface area contributed by atoms with Gasteiger partial charge in [0.15, 0.2) is 0 Å². The third kappa shape index (κ3) is 3.83. The first-order chi connectivity index (χ1) is 6.47. The van der Waals surface area contributed by atoms with Crippen molar-refractivity contribution in [2.24, 2.45) is 5.41 Å². The fraction of sp³-hybridized carbons (Fsp3) is 0.833. The highest BCUT2D eigenvalue weighted by Gasteiger charge is 2.35. The van der Waals surface area contributed by atoms with E-state index in [-0.39, 0.29) is 20.8 Å². The molecule has 0 radical (unpaired) electrons. The van der Waals surface area contributed by atoms with Crippen LogP contribution in [-0.4, -0.2) is 24.6 Å². The first-order valence-electron chi connectivity index (χ1n) is 4.85. The molecule has 0 aromatic carbocycles. The quantitative estimate of drug-likeness (QED) is 0.702. The first kappa shape index (κ1) is 17.3. The van der Waals surface area contributed by atoms with E-state index in [1.807, 2.05) is 6.92 Å². The second-order valence-electron chi connectivity index (χ2n) is 4.09. The van der Waals surface area contributed by atoms with Crippen LogP contribution in [0.4, 0.5) is 0 Å². The van der Waals surface area contributed by atoms with Crippen LogP contribution in [0.5, 0.6) is 0 Å². The molecule has 1 atom stereocenters. The standard InChI is InChI=1S/C10H16O4.2CH4/c1-4-10(2,3)9(12)14-7-5-6-13-8(7)11;;/h7H,4-6H2,1-3H3;2*1H4. The van der Waals surface area contributed by atoms with Crippen LogP contribution in [0.25, 0.3) is 0 Å². The summed E-state index contributed by atoms with van der Waals surface area (Å²) in [4.78, 5) is 22.6. The number of cyclic esters (lactones) is 1. The fourth-order valence-corrected chi connectivity index (χ4v) is 1.02. The number of hydrogen-bond donors (Lipinski definition) is 0. The summed E-state index contributed by atoms with van der Waals surface area (Å²) in [6.45, 7) is 5.86. The molecular weight excluding hydrogens is 208 g/mol. The van der Waals surface area contributed by atoms with Crippen molar-refractivity contribution in [2.45, 2.75) is 54.6 Å². The van der Waals surface area contributed by atoms with Gasteiger partial charge in [-0.15, -0.1) is 0 Å². The molecule has 4 heteroatoms. The number of ether oxygens (including phenoxy) is 2. The van der Waals surface area contributed by atoms with E-state index in [1.165, 1.54) is 0 Å². The fourth-order valence-electron chi connectivity index (χ4n) is 1.02. The zero-order chi connectivity index (χ0) is 10.8. The Morgan fingerprint density at radius 2 is 2.06 bits per heavy atom. The summed E-state index contributed by atoms with van der Waals surface area (Å²) in [6, 6.07) is 0. The highest BCUT2D eigenvalue weighted by Crippen LogP contribution is 2.24. The highest BCUT2D eigenvalue weighted by molar-refractivity contribution is 5.82. The van der Waals surface area contributed by atoms with Gasteiger partial charge in [0.05, 0.1) is 12.0 Å². The Hall–Kier alpha value is -1.06. The lowest BCUT2D eigenvalue weighted by Gasteiger charge is -2.21. The second kappa shape index (κ2) is 6.51. The van der Waals surface area contributed by atoms with Gasteiger partial charge >= 0.3 is 11.9 Å². The molecule has 0 N–H and O–H groups in total. The van der Waals surface area contributed by atoms with E-state index < -0.39 is 17.5 Å². The van der Waals surface area contributed by atoms with Crippen LogP contribution in [0.3, 0.4) is 0 Å². The largest absolute Gasteiger partial charge is 0.463 e. The lowest BCUT2D eigenvalue weighted by molar-refractivity contribution is -0.167. The maximum atomic E-state index is 11.6. The van der Waals surface area contributed by atoms with Crippen LogP contribution in [0, 0.1) is 5.41 Å². The molecule has 0 aromatic heterocycles. The molecule has 1 heterocycles. The summed E-state index contributed by atoms with van der Waals surface area (Å²) >= 11 is 0. The summed E-state index contributed by atoms with van der Waals surface area (Å²) < 4.78 is 9.76. The van der Waals surface area contributed by atoms with Crippen LogP contribution in [0.2, 0.25) is 0 Å². The zero-order valence-electron chi connectivity index (χ0n) is 8.83. The molecule has 1 rings (SSSR count). The van der Waals surface area contributed by atoms with Crippen LogP contribution in [0.15, 0.2) is 0 Å². The first-order valence-corrected chi connectivity index (χ1v) is 4.85. The Bertz CT molecular complexity index is 245. The number of esters is 2. The van der Waals surface area contributed by atoms with Crippen LogP contribution in [-0.2, 0) is 19.1 Å². The van der Waals surface area contributed by atoms with E-state index in [9.17, 15) is 9.59 Å². The van der Waals surface area contributed by atoms with E-state index in [1.54, 1.807) is 13.8 Å². The van der Waals surface area contributed by atoms with Gasteiger partial charge in [0.2, 0.25) is 6.10 Å². The average Bonchev–Trinajstić information content (AvgIpc) is 2.52. The Balaban J connectivity index is 0. The number of rotatable bonds is 3. The molecule has 1 saturated heterocycles. The van der Waals surface area contributed by atoms with Crippen molar-refractivity contribution in [1.82, 2.24) is 0 Å². The van der Waals surface area contributed by atoms with Crippen molar-refractivity contribution in [3.8, 4) is 0 Å². The molecular formula is C12H24O4. The number of hydrogen-bond acceptors (Lipinski definition) is 4. The van der Waals surface area contributed by atoms with Crippen molar-refractivity contribution in [1.29, 1.82) is 0 Å². The second-order valence-corrected chi connectivity index (χ2v) is 4.09. The molecule has 0 amide bonds. The molecule has 96 valence electrons. The van der Waals surface area contributed by atoms with Crippen molar-refractivity contribution >= 4 is 11.9 Å². The van der Waals surface area contributed by atoms with Gasteiger partial charge in [0, 0.05) is 6.42 Å². The van der Waals surface area contributed by atoms with E-state index in [2.05, 4.69) is 0 Å². The van der Waals surface area contributed by atoms with Gasteiger partial charge in [-0.3, -0.25) is 4.79 Å². The maximum absolute atomic E-state index is 11.6. The molecule has 16 heavy (non-hydrogen) atoms. The van der Waals surface area contributed by atoms with Gasteiger partial charge in [0.1, 0.15) is 0 Å². The Morgan fingerprint density at radius 1 is 1.50 bits per heavy atom. The molecule has 1 aliphatic rings. The predicted molar refractivity (Wildman–Crippen MR) is 63.0 cm³/mol. The van der Waals surface area contributed by atoms with E-state index in [0.29, 0.717) is 19.4 Å². The Labute approximate surface area is 98.3 Å². The molecule has 0 aliphatic carbocycles. The van der Waals surface area contributed by atoms with Crippen molar-refractivity contribution in [2.75, 3.05) is 6.61 Å². The summed E-state index contributed by atoms with van der Waals surface area (Å²) in [5.74, 6) is -0.755. The predicted octanol–water partition coefficient (Wildman–Crippen LogP) is 2.55. The SMILES string of the molecule is C.C.CCC(C)(C)C(=O)OC1CCOC1=O. The van der Waals surface area contributed by atoms with E-state index in [4.69, 9.17) is 9.47 Å². The molecule has 1 fully saturated rings. The van der Waals surface area contributed by atoms with Crippen molar-refractivity contribution in [3.05, 3.63) is 0 Å². The normalized spacial score (nSPS) is 19.2. The molecule has 1 aliphatic heterocycles. The van der Waals surface area contributed by atoms with Crippen LogP contribution >= 0.6 is 0 Å². The minimum atomic E-state index is -0.687. The summed E-state index contributed by atoms with van der Waals surface area (Å²) in [5.41, 5.74) is -0.525. The van der Waals surface area contributed by atoms with Crippen molar-refractivity contribution < 1.29 is 19.1 Å². The lowest BCUT2D eigenvalue weighted by atomic mass is 9.90. The smallest absolute Gasteiger partial charge is 0.347 e. The van der Waals surface area contributed by atoms with E-state index >= 15 is 0 Å². The molecule has 0 saturated carbocycles. The minimum Gasteiger partial charge on any atom is -0.463 e. The van der Waals surface area contributed by atoms with Gasteiger partial charge in [0.25, 0.3) is 0 Å². The van der Waals surface area contributed by atoms with Gasteiger partial charge < -0.3 is 9.47 Å². The third-order valence-electron chi connectivity index (χ3n) is 2.57. The monoisotopic (exact) mass is 232 g/mol. The molecule has 4 nitrogen and oxygen atoms in total. The van der Waals surface area contributed by atoms with Crippen LogP contribution in [0.1, 0.15) is 48.5 Å². The third-order valence-corrected chi connectivity index (χ3v) is 2.57. The van der Waals surface area contributed by atoms with Gasteiger partial charge in [-0.1, -0.05) is 21.8 Å². The van der Waals surface area contributed by atoms with E-state index in [0.717, 1.165) is 0 Å². The topological polar surface area (TPSA) is 52.6 Å². The molecule has 0 bridgehead atoms. The van der Waals surface area contributed by atoms with Crippen LogP contribution < -0.4 is 0 Å². The summed E-state index contributed by atoms with van der Waals surface area (Å²) in [5, 5.41) is 0. The Kier molecular flexibility index (Phi) is 7.05. The number of carbonyl (C=O) groups excluding carboxylic acids is 2. The lowest BCUT2D eigenvalue weighted by Crippen LogP contribution is -2.32. The average molecular weight is 232 g/mol. The van der Waals surface area contributed by atoms with Gasteiger partial charge in [-0.25, -0.2) is 4.79 Å². The minimum absolute atomic E-state index is 0.